The van der Waals surface area contributed by atoms with Crippen LogP contribution in [0, 0.1) is 11.7 Å². The summed E-state index contributed by atoms with van der Waals surface area (Å²) in [5.74, 6) is -0.653. The lowest BCUT2D eigenvalue weighted by Gasteiger charge is -2.16. The second-order valence-electron chi connectivity index (χ2n) is 3.86. The summed E-state index contributed by atoms with van der Waals surface area (Å²) in [5, 5.41) is 0. The van der Waals surface area contributed by atoms with Gasteiger partial charge in [-0.3, -0.25) is 0 Å². The van der Waals surface area contributed by atoms with E-state index in [0.29, 0.717) is 0 Å². The molecule has 0 bridgehead atoms. The second-order valence-corrected chi connectivity index (χ2v) is 3.86. The molecular weight excluding hydrogens is 195 g/mol. The summed E-state index contributed by atoms with van der Waals surface area (Å²) in [7, 11) is 0. The fraction of sp³-hybridized carbons (Fsp3) is 0.417. The van der Waals surface area contributed by atoms with E-state index in [2.05, 4.69) is 0 Å². The Bertz CT molecular complexity index is 347. The molecule has 0 aliphatic heterocycles. The van der Waals surface area contributed by atoms with Crippen molar-refractivity contribution < 1.29 is 13.9 Å². The van der Waals surface area contributed by atoms with Crippen LogP contribution < -0.4 is 0 Å². The molecule has 1 unspecified atom stereocenters. The monoisotopic (exact) mass is 210 g/mol. The number of carbonyl (C=O) groups is 1. The van der Waals surface area contributed by atoms with Gasteiger partial charge in [-0.1, -0.05) is 19.9 Å². The summed E-state index contributed by atoms with van der Waals surface area (Å²) in [6.45, 7) is 5.74. The first-order valence-corrected chi connectivity index (χ1v) is 4.97. The minimum atomic E-state index is -0.476. The largest absolute Gasteiger partial charge is 0.459 e. The molecule has 0 heterocycles. The zero-order valence-electron chi connectivity index (χ0n) is 9.16. The van der Waals surface area contributed by atoms with Crippen molar-refractivity contribution in [1.29, 1.82) is 0 Å². The molecule has 0 fully saturated rings. The summed E-state index contributed by atoms with van der Waals surface area (Å²) in [6.07, 6.45) is -0.166. The number of benzene rings is 1. The van der Waals surface area contributed by atoms with Crippen LogP contribution in [-0.2, 0) is 4.74 Å². The number of esters is 1. The SMILES string of the molecule is CC(C)C(C)OC(=O)c1cccc(F)c1. The molecule has 0 radical (unpaired) electrons. The third kappa shape index (κ3) is 3.35. The minimum Gasteiger partial charge on any atom is -0.459 e. The number of hydrogen-bond acceptors (Lipinski definition) is 2. The molecule has 1 aromatic carbocycles. The van der Waals surface area contributed by atoms with E-state index in [9.17, 15) is 9.18 Å². The predicted octanol–water partition coefficient (Wildman–Crippen LogP) is 3.03. The summed E-state index contributed by atoms with van der Waals surface area (Å²) >= 11 is 0. The molecule has 1 aromatic rings. The smallest absolute Gasteiger partial charge is 0.338 e. The van der Waals surface area contributed by atoms with Crippen LogP contribution >= 0.6 is 0 Å². The Morgan fingerprint density at radius 3 is 2.53 bits per heavy atom. The highest BCUT2D eigenvalue weighted by Gasteiger charge is 2.14. The molecule has 82 valence electrons. The fourth-order valence-corrected chi connectivity index (χ4v) is 0.988. The number of hydrogen-bond donors (Lipinski definition) is 0. The highest BCUT2D eigenvalue weighted by molar-refractivity contribution is 5.89. The van der Waals surface area contributed by atoms with Gasteiger partial charge in [0.05, 0.1) is 5.56 Å². The Hall–Kier alpha value is -1.38. The van der Waals surface area contributed by atoms with E-state index >= 15 is 0 Å². The standard InChI is InChI=1S/C12H15FO2/c1-8(2)9(3)15-12(14)10-5-4-6-11(13)7-10/h4-9H,1-3H3. The van der Waals surface area contributed by atoms with Crippen LogP contribution in [0.2, 0.25) is 0 Å². The Morgan fingerprint density at radius 2 is 2.00 bits per heavy atom. The third-order valence-electron chi connectivity index (χ3n) is 2.29. The average Bonchev–Trinajstić information content (AvgIpc) is 2.17. The van der Waals surface area contributed by atoms with E-state index in [1.807, 2.05) is 20.8 Å². The maximum absolute atomic E-state index is 12.8. The van der Waals surface area contributed by atoms with Gasteiger partial charge in [0.15, 0.2) is 0 Å². The molecule has 1 rings (SSSR count). The van der Waals surface area contributed by atoms with Gasteiger partial charge in [0, 0.05) is 0 Å². The normalized spacial score (nSPS) is 12.6. The van der Waals surface area contributed by atoms with Gasteiger partial charge in [0.1, 0.15) is 11.9 Å². The van der Waals surface area contributed by atoms with Crippen LogP contribution in [0.3, 0.4) is 0 Å². The van der Waals surface area contributed by atoms with Gasteiger partial charge in [-0.25, -0.2) is 9.18 Å². The summed E-state index contributed by atoms with van der Waals surface area (Å²) in [6, 6.07) is 5.50. The lowest BCUT2D eigenvalue weighted by Crippen LogP contribution is -2.20. The molecule has 2 nitrogen and oxygen atoms in total. The van der Waals surface area contributed by atoms with Crippen LogP contribution in [0.1, 0.15) is 31.1 Å². The molecule has 0 saturated heterocycles. The maximum Gasteiger partial charge on any atom is 0.338 e. The van der Waals surface area contributed by atoms with Crippen LogP contribution in [-0.4, -0.2) is 12.1 Å². The summed E-state index contributed by atoms with van der Waals surface area (Å²) in [5.41, 5.74) is 0.252. The van der Waals surface area contributed by atoms with Crippen molar-refractivity contribution in [2.24, 2.45) is 5.92 Å². The molecule has 0 spiro atoms. The van der Waals surface area contributed by atoms with Crippen molar-refractivity contribution in [3.05, 3.63) is 35.6 Å². The first kappa shape index (κ1) is 11.7. The van der Waals surface area contributed by atoms with Crippen molar-refractivity contribution >= 4 is 5.97 Å². The number of carbonyl (C=O) groups excluding carboxylic acids is 1. The molecule has 0 aliphatic rings. The van der Waals surface area contributed by atoms with Gasteiger partial charge in [0.25, 0.3) is 0 Å². The molecule has 0 amide bonds. The molecule has 15 heavy (non-hydrogen) atoms. The highest BCUT2D eigenvalue weighted by atomic mass is 19.1. The van der Waals surface area contributed by atoms with Crippen molar-refractivity contribution in [2.75, 3.05) is 0 Å². The summed E-state index contributed by atoms with van der Waals surface area (Å²) in [4.78, 5) is 11.5. The highest BCUT2D eigenvalue weighted by Crippen LogP contribution is 2.10. The van der Waals surface area contributed by atoms with Crippen molar-refractivity contribution in [3.63, 3.8) is 0 Å². The number of rotatable bonds is 3. The van der Waals surface area contributed by atoms with E-state index < -0.39 is 11.8 Å². The minimum absolute atomic E-state index is 0.166. The Balaban J connectivity index is 2.69. The third-order valence-corrected chi connectivity index (χ3v) is 2.29. The van der Waals surface area contributed by atoms with Crippen LogP contribution in [0.5, 0.6) is 0 Å². The lowest BCUT2D eigenvalue weighted by molar-refractivity contribution is 0.0237. The summed E-state index contributed by atoms with van der Waals surface area (Å²) < 4.78 is 18.0. The van der Waals surface area contributed by atoms with Gasteiger partial charge in [-0.2, -0.15) is 0 Å². The van der Waals surface area contributed by atoms with Crippen molar-refractivity contribution in [1.82, 2.24) is 0 Å². The first-order chi connectivity index (χ1) is 7.00. The van der Waals surface area contributed by atoms with E-state index in [0.717, 1.165) is 0 Å². The second kappa shape index (κ2) is 4.91. The first-order valence-electron chi connectivity index (χ1n) is 4.97. The van der Waals surface area contributed by atoms with Crippen molar-refractivity contribution in [3.8, 4) is 0 Å². The zero-order chi connectivity index (χ0) is 11.4. The van der Waals surface area contributed by atoms with Gasteiger partial charge in [-0.15, -0.1) is 0 Å². The van der Waals surface area contributed by atoms with Crippen LogP contribution in [0.15, 0.2) is 24.3 Å². The van der Waals surface area contributed by atoms with E-state index in [4.69, 9.17) is 4.74 Å². The molecule has 1 atom stereocenters. The maximum atomic E-state index is 12.8. The Kier molecular flexibility index (Phi) is 3.83. The van der Waals surface area contributed by atoms with Crippen LogP contribution in [0.4, 0.5) is 4.39 Å². The van der Waals surface area contributed by atoms with E-state index in [1.165, 1.54) is 18.2 Å². The Morgan fingerprint density at radius 1 is 1.33 bits per heavy atom. The van der Waals surface area contributed by atoms with Gasteiger partial charge in [0.2, 0.25) is 0 Å². The van der Waals surface area contributed by atoms with Crippen LogP contribution in [0.25, 0.3) is 0 Å². The quantitative estimate of drug-likeness (QED) is 0.717. The molecule has 0 aromatic heterocycles. The molecule has 3 heteroatoms. The molecule has 0 N–H and O–H groups in total. The number of ether oxygens (including phenoxy) is 1. The molecule has 0 aliphatic carbocycles. The van der Waals surface area contributed by atoms with Crippen molar-refractivity contribution in [2.45, 2.75) is 26.9 Å². The topological polar surface area (TPSA) is 26.3 Å². The molecule has 0 saturated carbocycles. The number of halogens is 1. The molecular formula is C12H15FO2. The van der Waals surface area contributed by atoms with E-state index in [-0.39, 0.29) is 17.6 Å². The van der Waals surface area contributed by atoms with Gasteiger partial charge in [-0.05, 0) is 31.0 Å². The lowest BCUT2D eigenvalue weighted by atomic mass is 10.1. The predicted molar refractivity (Wildman–Crippen MR) is 56.1 cm³/mol. The average molecular weight is 210 g/mol. The van der Waals surface area contributed by atoms with Gasteiger partial charge >= 0.3 is 5.97 Å². The van der Waals surface area contributed by atoms with Gasteiger partial charge < -0.3 is 4.74 Å². The fourth-order valence-electron chi connectivity index (χ4n) is 0.988. The zero-order valence-corrected chi connectivity index (χ0v) is 9.16. The van der Waals surface area contributed by atoms with E-state index in [1.54, 1.807) is 6.07 Å². The Labute approximate surface area is 89.1 Å².